The van der Waals surface area contributed by atoms with Crippen LogP contribution in [0.3, 0.4) is 0 Å². The molecule has 0 spiro atoms. The lowest BCUT2D eigenvalue weighted by atomic mass is 10.2. The number of ether oxygens (including phenoxy) is 2. The number of benzene rings is 2. The molecular weight excluding hydrogens is 278 g/mol. The highest BCUT2D eigenvalue weighted by atomic mass is 16.5. The fraction of sp³-hybridized carbons (Fsp3) is 0.167. The van der Waals surface area contributed by atoms with Gasteiger partial charge < -0.3 is 14.0 Å². The lowest BCUT2D eigenvalue weighted by Crippen LogP contribution is -2.11. The highest BCUT2D eigenvalue weighted by molar-refractivity contribution is 6.03. The summed E-state index contributed by atoms with van der Waals surface area (Å²) in [5.41, 5.74) is 2.22. The van der Waals surface area contributed by atoms with Crippen LogP contribution in [0.15, 0.2) is 54.6 Å². The van der Waals surface area contributed by atoms with Crippen LogP contribution >= 0.6 is 0 Å². The molecule has 4 heteroatoms. The van der Waals surface area contributed by atoms with E-state index < -0.39 is 5.97 Å². The molecule has 3 aromatic rings. The number of rotatable bonds is 4. The quantitative estimate of drug-likeness (QED) is 0.687. The lowest BCUT2D eigenvalue weighted by molar-refractivity contribution is 0.0587. The van der Waals surface area contributed by atoms with Gasteiger partial charge in [0.15, 0.2) is 11.4 Å². The molecule has 1 aromatic heterocycles. The van der Waals surface area contributed by atoms with Gasteiger partial charge >= 0.3 is 5.97 Å². The first-order valence-electron chi connectivity index (χ1n) is 7.18. The van der Waals surface area contributed by atoms with Crippen molar-refractivity contribution in [3.05, 3.63) is 60.3 Å². The first-order valence-corrected chi connectivity index (χ1v) is 7.18. The largest absolute Gasteiger partial charge is 0.491 e. The summed E-state index contributed by atoms with van der Waals surface area (Å²) in [6.45, 7) is 2.38. The van der Waals surface area contributed by atoms with Gasteiger partial charge in [0.25, 0.3) is 0 Å². The van der Waals surface area contributed by atoms with E-state index in [0.29, 0.717) is 18.1 Å². The molecule has 0 atom stereocenters. The van der Waals surface area contributed by atoms with Crippen LogP contribution in [0.4, 0.5) is 0 Å². The van der Waals surface area contributed by atoms with E-state index in [1.54, 1.807) is 0 Å². The Bertz CT molecular complexity index is 806. The summed E-state index contributed by atoms with van der Waals surface area (Å²) in [5.74, 6) is 0.150. The van der Waals surface area contributed by atoms with E-state index in [1.165, 1.54) is 7.11 Å². The van der Waals surface area contributed by atoms with E-state index >= 15 is 0 Å². The molecule has 0 amide bonds. The van der Waals surface area contributed by atoms with Crippen molar-refractivity contribution in [3.8, 4) is 11.4 Å². The standard InChI is InChI=1S/C18H17NO3/c1-3-22-17-14-11-7-8-12-15(14)19(16(17)18(20)21-2)13-9-5-4-6-10-13/h4-12H,3H2,1-2H3. The third-order valence-corrected chi connectivity index (χ3v) is 3.51. The van der Waals surface area contributed by atoms with Gasteiger partial charge in [0.2, 0.25) is 0 Å². The van der Waals surface area contributed by atoms with Gasteiger partial charge in [-0.25, -0.2) is 4.79 Å². The zero-order chi connectivity index (χ0) is 15.5. The molecule has 0 aliphatic carbocycles. The van der Waals surface area contributed by atoms with Crippen LogP contribution in [-0.4, -0.2) is 24.3 Å². The molecule has 4 nitrogen and oxygen atoms in total. The van der Waals surface area contributed by atoms with Crippen molar-refractivity contribution in [2.24, 2.45) is 0 Å². The minimum atomic E-state index is -0.413. The van der Waals surface area contributed by atoms with E-state index in [9.17, 15) is 4.79 Å². The van der Waals surface area contributed by atoms with Gasteiger partial charge in [0.05, 0.1) is 19.2 Å². The van der Waals surface area contributed by atoms with Gasteiger partial charge in [-0.1, -0.05) is 30.3 Å². The monoisotopic (exact) mass is 295 g/mol. The first kappa shape index (κ1) is 14.2. The van der Waals surface area contributed by atoms with Gasteiger partial charge in [-0.15, -0.1) is 0 Å². The Kier molecular flexibility index (Phi) is 3.83. The molecule has 0 aliphatic rings. The van der Waals surface area contributed by atoms with Crippen LogP contribution in [0, 0.1) is 0 Å². The fourth-order valence-corrected chi connectivity index (χ4v) is 2.63. The van der Waals surface area contributed by atoms with Crippen molar-refractivity contribution in [2.75, 3.05) is 13.7 Å². The van der Waals surface area contributed by atoms with E-state index in [0.717, 1.165) is 16.6 Å². The van der Waals surface area contributed by atoms with Gasteiger partial charge in [-0.3, -0.25) is 0 Å². The highest BCUT2D eigenvalue weighted by Gasteiger charge is 2.25. The van der Waals surface area contributed by atoms with Crippen molar-refractivity contribution in [3.63, 3.8) is 0 Å². The van der Waals surface area contributed by atoms with E-state index in [2.05, 4.69) is 0 Å². The predicted octanol–water partition coefficient (Wildman–Crippen LogP) is 3.82. The van der Waals surface area contributed by atoms with Crippen LogP contribution in [0.25, 0.3) is 16.6 Å². The number of hydrogen-bond donors (Lipinski definition) is 0. The summed E-state index contributed by atoms with van der Waals surface area (Å²) in [6.07, 6.45) is 0. The normalized spacial score (nSPS) is 10.6. The number of nitrogens with zero attached hydrogens (tertiary/aromatic N) is 1. The Balaban J connectivity index is 2.40. The first-order chi connectivity index (χ1) is 10.8. The third-order valence-electron chi connectivity index (χ3n) is 3.51. The molecule has 0 saturated carbocycles. The number of carbonyl (C=O) groups excluding carboxylic acids is 1. The fourth-order valence-electron chi connectivity index (χ4n) is 2.63. The number of aromatic nitrogens is 1. The van der Waals surface area contributed by atoms with E-state index in [4.69, 9.17) is 9.47 Å². The Labute approximate surface area is 128 Å². The molecule has 1 heterocycles. The maximum Gasteiger partial charge on any atom is 0.358 e. The molecule has 0 bridgehead atoms. The lowest BCUT2D eigenvalue weighted by Gasteiger charge is -2.10. The van der Waals surface area contributed by atoms with Gasteiger partial charge in [0.1, 0.15) is 0 Å². The van der Waals surface area contributed by atoms with Crippen LogP contribution < -0.4 is 4.74 Å². The number of para-hydroxylation sites is 2. The summed E-state index contributed by atoms with van der Waals surface area (Å²) in [5, 5.41) is 0.897. The van der Waals surface area contributed by atoms with Crippen molar-refractivity contribution in [2.45, 2.75) is 6.92 Å². The SMILES string of the molecule is CCOc1c(C(=O)OC)n(-c2ccccc2)c2ccccc12. The summed E-state index contributed by atoms with van der Waals surface area (Å²) in [7, 11) is 1.38. The Morgan fingerprint density at radius 1 is 1.05 bits per heavy atom. The maximum absolute atomic E-state index is 12.3. The molecule has 0 fully saturated rings. The molecule has 0 unspecified atom stereocenters. The summed E-state index contributed by atoms with van der Waals surface area (Å²) in [4.78, 5) is 12.3. The molecule has 112 valence electrons. The molecule has 0 saturated heterocycles. The summed E-state index contributed by atoms with van der Waals surface area (Å²) >= 11 is 0. The molecule has 0 N–H and O–H groups in total. The molecule has 0 radical (unpaired) electrons. The minimum absolute atomic E-state index is 0.413. The van der Waals surface area contributed by atoms with Gasteiger partial charge in [0, 0.05) is 11.1 Å². The van der Waals surface area contributed by atoms with E-state index in [-0.39, 0.29) is 0 Å². The smallest absolute Gasteiger partial charge is 0.358 e. The molecular formula is C18H17NO3. The summed E-state index contributed by atoms with van der Waals surface area (Å²) < 4.78 is 12.6. The van der Waals surface area contributed by atoms with E-state index in [1.807, 2.05) is 66.1 Å². The molecule has 22 heavy (non-hydrogen) atoms. The number of hydrogen-bond acceptors (Lipinski definition) is 3. The summed E-state index contributed by atoms with van der Waals surface area (Å²) in [6, 6.07) is 17.5. The average molecular weight is 295 g/mol. The Morgan fingerprint density at radius 3 is 2.41 bits per heavy atom. The van der Waals surface area contributed by atoms with Crippen molar-refractivity contribution < 1.29 is 14.3 Å². The Morgan fingerprint density at radius 2 is 1.73 bits per heavy atom. The van der Waals surface area contributed by atoms with Crippen LogP contribution in [0.2, 0.25) is 0 Å². The number of esters is 1. The maximum atomic E-state index is 12.3. The number of methoxy groups -OCH3 is 1. The van der Waals surface area contributed by atoms with Crippen molar-refractivity contribution in [1.29, 1.82) is 0 Å². The predicted molar refractivity (Wildman–Crippen MR) is 85.8 cm³/mol. The number of carbonyl (C=O) groups is 1. The zero-order valence-corrected chi connectivity index (χ0v) is 12.6. The topological polar surface area (TPSA) is 40.5 Å². The second kappa shape index (κ2) is 5.93. The minimum Gasteiger partial charge on any atom is -0.491 e. The molecule has 0 aliphatic heterocycles. The second-order valence-corrected chi connectivity index (χ2v) is 4.79. The van der Waals surface area contributed by atoms with Crippen LogP contribution in [0.5, 0.6) is 5.75 Å². The van der Waals surface area contributed by atoms with Crippen LogP contribution in [-0.2, 0) is 4.74 Å². The van der Waals surface area contributed by atoms with Crippen molar-refractivity contribution in [1.82, 2.24) is 4.57 Å². The van der Waals surface area contributed by atoms with Gasteiger partial charge in [-0.05, 0) is 31.2 Å². The number of fused-ring (bicyclic) bond motifs is 1. The van der Waals surface area contributed by atoms with Crippen LogP contribution in [0.1, 0.15) is 17.4 Å². The second-order valence-electron chi connectivity index (χ2n) is 4.79. The average Bonchev–Trinajstić information content (AvgIpc) is 2.90. The third kappa shape index (κ3) is 2.22. The van der Waals surface area contributed by atoms with Crippen molar-refractivity contribution >= 4 is 16.9 Å². The Hall–Kier alpha value is -2.75. The zero-order valence-electron chi connectivity index (χ0n) is 12.6. The molecule has 2 aromatic carbocycles. The molecule has 3 rings (SSSR count). The highest BCUT2D eigenvalue weighted by Crippen LogP contribution is 2.36. The van der Waals surface area contributed by atoms with Gasteiger partial charge in [-0.2, -0.15) is 0 Å².